The molecule has 2 bridgehead atoms. The van der Waals surface area contributed by atoms with Crippen LogP contribution in [0.1, 0.15) is 19.3 Å². The third-order valence-electron chi connectivity index (χ3n) is 4.05. The third-order valence-corrected chi connectivity index (χ3v) is 4.30. The molecule has 0 aliphatic carbocycles. The van der Waals surface area contributed by atoms with E-state index in [0.29, 0.717) is 22.9 Å². The zero-order valence-corrected chi connectivity index (χ0v) is 13.3. The van der Waals surface area contributed by atoms with Crippen LogP contribution in [0.3, 0.4) is 0 Å². The fraction of sp³-hybridized carbons (Fsp3) is 0.533. The lowest BCUT2D eigenvalue weighted by molar-refractivity contribution is -0.133. The van der Waals surface area contributed by atoms with Crippen LogP contribution in [0, 0.1) is 0 Å². The Kier molecular flexibility index (Phi) is 5.73. The highest BCUT2D eigenvalue weighted by Crippen LogP contribution is 2.21. The smallest absolute Gasteiger partial charge is 0.260 e. The lowest BCUT2D eigenvalue weighted by Gasteiger charge is -2.24. The minimum absolute atomic E-state index is 0. The SMILES string of the molecule is Cl.O=C(COc1ccc(Cl)cc1)N1CCC2CCC(C1)N2. The van der Waals surface area contributed by atoms with E-state index in [0.717, 1.165) is 19.5 Å². The van der Waals surface area contributed by atoms with Crippen molar-refractivity contribution in [3.63, 3.8) is 0 Å². The highest BCUT2D eigenvalue weighted by Gasteiger charge is 2.31. The van der Waals surface area contributed by atoms with Crippen LogP contribution >= 0.6 is 24.0 Å². The molecule has 2 aliphatic rings. The Morgan fingerprint density at radius 2 is 1.95 bits per heavy atom. The molecule has 6 heteroatoms. The molecule has 2 aliphatic heterocycles. The third kappa shape index (κ3) is 4.25. The van der Waals surface area contributed by atoms with Crippen LogP contribution in [0.25, 0.3) is 0 Å². The number of rotatable bonds is 3. The number of ether oxygens (including phenoxy) is 1. The minimum Gasteiger partial charge on any atom is -0.484 e. The van der Waals surface area contributed by atoms with Crippen molar-refractivity contribution in [3.05, 3.63) is 29.3 Å². The molecule has 0 spiro atoms. The molecule has 21 heavy (non-hydrogen) atoms. The molecular formula is C15H20Cl2N2O2. The molecule has 116 valence electrons. The topological polar surface area (TPSA) is 41.6 Å². The van der Waals surface area contributed by atoms with Crippen molar-refractivity contribution in [2.45, 2.75) is 31.3 Å². The molecule has 2 heterocycles. The van der Waals surface area contributed by atoms with Crippen LogP contribution < -0.4 is 10.1 Å². The van der Waals surface area contributed by atoms with Gasteiger partial charge >= 0.3 is 0 Å². The summed E-state index contributed by atoms with van der Waals surface area (Å²) in [4.78, 5) is 14.1. The van der Waals surface area contributed by atoms with Gasteiger partial charge in [-0.15, -0.1) is 12.4 Å². The number of hydrogen-bond acceptors (Lipinski definition) is 3. The van der Waals surface area contributed by atoms with E-state index in [1.807, 2.05) is 4.90 Å². The largest absolute Gasteiger partial charge is 0.484 e. The summed E-state index contributed by atoms with van der Waals surface area (Å²) >= 11 is 5.81. The maximum Gasteiger partial charge on any atom is 0.260 e. The monoisotopic (exact) mass is 330 g/mol. The van der Waals surface area contributed by atoms with Gasteiger partial charge in [0.25, 0.3) is 5.91 Å². The predicted molar refractivity (Wildman–Crippen MR) is 85.3 cm³/mol. The van der Waals surface area contributed by atoms with Crippen LogP contribution in [0.4, 0.5) is 0 Å². The Morgan fingerprint density at radius 3 is 2.71 bits per heavy atom. The molecule has 1 amide bonds. The number of fused-ring (bicyclic) bond motifs is 2. The van der Waals surface area contributed by atoms with Gasteiger partial charge in [0, 0.05) is 30.2 Å². The second kappa shape index (κ2) is 7.34. The molecule has 4 nitrogen and oxygen atoms in total. The van der Waals surface area contributed by atoms with Crippen molar-refractivity contribution < 1.29 is 9.53 Å². The first-order valence-corrected chi connectivity index (χ1v) is 7.51. The summed E-state index contributed by atoms with van der Waals surface area (Å²) in [6, 6.07) is 8.13. The summed E-state index contributed by atoms with van der Waals surface area (Å²) in [5, 5.41) is 4.23. The zero-order valence-electron chi connectivity index (χ0n) is 11.8. The summed E-state index contributed by atoms with van der Waals surface area (Å²) in [5.74, 6) is 0.742. The highest BCUT2D eigenvalue weighted by molar-refractivity contribution is 6.30. The van der Waals surface area contributed by atoms with E-state index in [9.17, 15) is 4.79 Å². The van der Waals surface area contributed by atoms with Gasteiger partial charge in [0.2, 0.25) is 0 Å². The summed E-state index contributed by atoms with van der Waals surface area (Å²) in [5.41, 5.74) is 0. The fourth-order valence-electron chi connectivity index (χ4n) is 2.94. The molecule has 2 atom stereocenters. The molecular weight excluding hydrogens is 311 g/mol. The average molecular weight is 331 g/mol. The molecule has 1 aromatic carbocycles. The number of amides is 1. The fourth-order valence-corrected chi connectivity index (χ4v) is 3.06. The summed E-state index contributed by atoms with van der Waals surface area (Å²) in [6.45, 7) is 1.73. The molecule has 0 aromatic heterocycles. The second-order valence-electron chi connectivity index (χ2n) is 5.51. The van der Waals surface area contributed by atoms with Crippen LogP contribution in [-0.2, 0) is 4.79 Å². The maximum atomic E-state index is 12.2. The number of nitrogens with one attached hydrogen (secondary N) is 1. The highest BCUT2D eigenvalue weighted by atomic mass is 35.5. The van der Waals surface area contributed by atoms with Gasteiger partial charge in [0.05, 0.1) is 0 Å². The number of carbonyl (C=O) groups excluding carboxylic acids is 1. The first-order valence-electron chi connectivity index (χ1n) is 7.13. The van der Waals surface area contributed by atoms with Crippen LogP contribution in [0.15, 0.2) is 24.3 Å². The summed E-state index contributed by atoms with van der Waals surface area (Å²) in [6.07, 6.45) is 3.46. The molecule has 2 fully saturated rings. The van der Waals surface area contributed by atoms with Gasteiger partial charge in [-0.05, 0) is 43.5 Å². The van der Waals surface area contributed by atoms with E-state index < -0.39 is 0 Å². The molecule has 0 radical (unpaired) electrons. The van der Waals surface area contributed by atoms with E-state index in [4.69, 9.17) is 16.3 Å². The van der Waals surface area contributed by atoms with Crippen molar-refractivity contribution >= 4 is 29.9 Å². The van der Waals surface area contributed by atoms with E-state index in [-0.39, 0.29) is 24.9 Å². The quantitative estimate of drug-likeness (QED) is 0.925. The van der Waals surface area contributed by atoms with Crippen LogP contribution in [0.2, 0.25) is 5.02 Å². The van der Waals surface area contributed by atoms with E-state index in [1.165, 1.54) is 12.8 Å². The number of halogens is 2. The molecule has 1 aromatic rings. The zero-order chi connectivity index (χ0) is 13.9. The summed E-state index contributed by atoms with van der Waals surface area (Å²) < 4.78 is 5.53. The van der Waals surface area contributed by atoms with Gasteiger partial charge in [0.15, 0.2) is 6.61 Å². The standard InChI is InChI=1S/C15H19ClN2O2.ClH/c16-11-1-5-14(6-2-11)20-10-15(19)18-8-7-12-3-4-13(9-18)17-12;/h1-2,5-6,12-13,17H,3-4,7-10H2;1H. The van der Waals surface area contributed by atoms with E-state index >= 15 is 0 Å². The maximum absolute atomic E-state index is 12.2. The van der Waals surface area contributed by atoms with Gasteiger partial charge in [-0.3, -0.25) is 4.79 Å². The number of carbonyl (C=O) groups is 1. The van der Waals surface area contributed by atoms with Gasteiger partial charge in [0.1, 0.15) is 5.75 Å². The first-order chi connectivity index (χ1) is 9.70. The number of benzene rings is 1. The molecule has 3 rings (SSSR count). The lowest BCUT2D eigenvalue weighted by Crippen LogP contribution is -2.41. The Bertz CT molecular complexity index is 481. The van der Waals surface area contributed by atoms with Crippen molar-refractivity contribution in [2.24, 2.45) is 0 Å². The number of likely N-dealkylation sites (tertiary alicyclic amines) is 1. The Hall–Kier alpha value is -0.970. The predicted octanol–water partition coefficient (Wildman–Crippen LogP) is 2.49. The molecule has 1 N–H and O–H groups in total. The second-order valence-corrected chi connectivity index (χ2v) is 5.95. The van der Waals surface area contributed by atoms with Gasteiger partial charge in [-0.2, -0.15) is 0 Å². The summed E-state index contributed by atoms with van der Waals surface area (Å²) in [7, 11) is 0. The van der Waals surface area contributed by atoms with Crippen molar-refractivity contribution in [3.8, 4) is 5.75 Å². The van der Waals surface area contributed by atoms with Crippen molar-refractivity contribution in [2.75, 3.05) is 19.7 Å². The first kappa shape index (κ1) is 16.4. The van der Waals surface area contributed by atoms with Crippen molar-refractivity contribution in [1.82, 2.24) is 10.2 Å². The Labute approximate surface area is 136 Å². The van der Waals surface area contributed by atoms with Gasteiger partial charge in [-0.1, -0.05) is 11.6 Å². The van der Waals surface area contributed by atoms with Crippen LogP contribution in [-0.4, -0.2) is 42.6 Å². The average Bonchev–Trinajstić information content (AvgIpc) is 2.77. The Balaban J connectivity index is 0.00000161. The normalized spacial score (nSPS) is 24.1. The van der Waals surface area contributed by atoms with Crippen molar-refractivity contribution in [1.29, 1.82) is 0 Å². The molecule has 0 saturated carbocycles. The number of nitrogens with zero attached hydrogens (tertiary/aromatic N) is 1. The number of hydrogen-bond donors (Lipinski definition) is 1. The van der Waals surface area contributed by atoms with Gasteiger partial charge < -0.3 is 15.0 Å². The lowest BCUT2D eigenvalue weighted by atomic mass is 10.1. The van der Waals surface area contributed by atoms with Crippen LogP contribution in [0.5, 0.6) is 5.75 Å². The minimum atomic E-state index is 0. The van der Waals surface area contributed by atoms with E-state index in [1.54, 1.807) is 24.3 Å². The van der Waals surface area contributed by atoms with Gasteiger partial charge in [-0.25, -0.2) is 0 Å². The molecule has 2 saturated heterocycles. The van der Waals surface area contributed by atoms with E-state index in [2.05, 4.69) is 5.32 Å². The molecule has 2 unspecified atom stereocenters. The Morgan fingerprint density at radius 1 is 1.24 bits per heavy atom.